The zero-order chi connectivity index (χ0) is 25.2. The van der Waals surface area contributed by atoms with Crippen LogP contribution < -0.4 is 15.0 Å². The van der Waals surface area contributed by atoms with Gasteiger partial charge in [0, 0.05) is 36.6 Å². The van der Waals surface area contributed by atoms with Crippen LogP contribution in [0.3, 0.4) is 0 Å². The summed E-state index contributed by atoms with van der Waals surface area (Å²) in [5, 5.41) is 16.7. The number of ether oxygens (including phenoxy) is 2. The summed E-state index contributed by atoms with van der Waals surface area (Å²) in [5.41, 5.74) is 3.85. The van der Waals surface area contributed by atoms with Crippen molar-refractivity contribution in [3.05, 3.63) is 89.1 Å². The average molecular weight is 497 g/mol. The van der Waals surface area contributed by atoms with Crippen molar-refractivity contribution in [1.82, 2.24) is 20.0 Å². The molecule has 0 spiro atoms. The van der Waals surface area contributed by atoms with Gasteiger partial charge in [-0.3, -0.25) is 4.79 Å². The summed E-state index contributed by atoms with van der Waals surface area (Å²) in [6.45, 7) is 5.34. The third kappa shape index (κ3) is 4.65. The van der Waals surface area contributed by atoms with E-state index in [1.807, 2.05) is 73.7 Å². The van der Waals surface area contributed by atoms with Gasteiger partial charge >= 0.3 is 0 Å². The Labute approximate surface area is 215 Å². The number of aryl methyl sites for hydroxylation is 1. The van der Waals surface area contributed by atoms with Gasteiger partial charge in [0.2, 0.25) is 5.91 Å². The molecule has 1 amide bonds. The van der Waals surface area contributed by atoms with Crippen LogP contribution in [0.25, 0.3) is 5.82 Å². The van der Waals surface area contributed by atoms with E-state index in [9.17, 15) is 4.79 Å². The SMILES string of the molecule is Cc1nn(-c2ccc(N3CCOCC3)nn2)c2c1C(c1ccccc1OCc1ccccc1)CC(=O)N2. The van der Waals surface area contributed by atoms with E-state index in [1.165, 1.54) is 0 Å². The number of hydrogen-bond donors (Lipinski definition) is 1. The summed E-state index contributed by atoms with van der Waals surface area (Å²) >= 11 is 0. The van der Waals surface area contributed by atoms with Crippen molar-refractivity contribution in [2.24, 2.45) is 0 Å². The molecule has 9 nitrogen and oxygen atoms in total. The molecule has 1 fully saturated rings. The highest BCUT2D eigenvalue weighted by Crippen LogP contribution is 2.43. The van der Waals surface area contributed by atoms with Crippen LogP contribution in [-0.4, -0.2) is 52.2 Å². The van der Waals surface area contributed by atoms with Crippen molar-refractivity contribution in [1.29, 1.82) is 0 Å². The summed E-state index contributed by atoms with van der Waals surface area (Å²) in [7, 11) is 0. The number of carbonyl (C=O) groups is 1. The molecule has 188 valence electrons. The quantitative estimate of drug-likeness (QED) is 0.433. The number of benzene rings is 2. The molecule has 2 aromatic carbocycles. The monoisotopic (exact) mass is 496 g/mol. The minimum atomic E-state index is -0.190. The zero-order valence-electron chi connectivity index (χ0n) is 20.6. The van der Waals surface area contributed by atoms with Crippen LogP contribution in [0.1, 0.15) is 34.7 Å². The molecule has 37 heavy (non-hydrogen) atoms. The largest absolute Gasteiger partial charge is 0.489 e. The predicted molar refractivity (Wildman–Crippen MR) is 139 cm³/mol. The van der Waals surface area contributed by atoms with Gasteiger partial charge < -0.3 is 19.7 Å². The lowest BCUT2D eigenvalue weighted by Crippen LogP contribution is -2.36. The molecule has 1 atom stereocenters. The molecule has 2 aliphatic rings. The molecule has 0 aliphatic carbocycles. The molecule has 4 heterocycles. The minimum Gasteiger partial charge on any atom is -0.489 e. The van der Waals surface area contributed by atoms with Crippen LogP contribution >= 0.6 is 0 Å². The molecule has 0 saturated carbocycles. The van der Waals surface area contributed by atoms with Gasteiger partial charge in [0.05, 0.1) is 18.9 Å². The highest BCUT2D eigenvalue weighted by Gasteiger charge is 2.34. The van der Waals surface area contributed by atoms with Crippen LogP contribution in [0.4, 0.5) is 11.6 Å². The molecule has 1 N–H and O–H groups in total. The van der Waals surface area contributed by atoms with Gasteiger partial charge in [0.1, 0.15) is 18.2 Å². The number of aromatic nitrogens is 4. The lowest BCUT2D eigenvalue weighted by molar-refractivity contribution is -0.116. The van der Waals surface area contributed by atoms with E-state index >= 15 is 0 Å². The lowest BCUT2D eigenvalue weighted by atomic mass is 9.85. The maximum absolute atomic E-state index is 12.9. The molecule has 9 heteroatoms. The third-order valence-corrected chi connectivity index (χ3v) is 6.82. The first kappa shape index (κ1) is 23.2. The van der Waals surface area contributed by atoms with E-state index in [-0.39, 0.29) is 11.8 Å². The number of para-hydroxylation sites is 1. The van der Waals surface area contributed by atoms with Crippen molar-refractivity contribution >= 4 is 17.5 Å². The van der Waals surface area contributed by atoms with Crippen molar-refractivity contribution in [3.8, 4) is 11.6 Å². The number of rotatable bonds is 6. The van der Waals surface area contributed by atoms with Gasteiger partial charge in [0.25, 0.3) is 0 Å². The first-order valence-corrected chi connectivity index (χ1v) is 12.5. The Morgan fingerprint density at radius 2 is 1.70 bits per heavy atom. The summed E-state index contributed by atoms with van der Waals surface area (Å²) in [4.78, 5) is 15.1. The topological polar surface area (TPSA) is 94.4 Å². The predicted octanol–water partition coefficient (Wildman–Crippen LogP) is 3.86. The molecule has 1 unspecified atom stereocenters. The van der Waals surface area contributed by atoms with E-state index in [2.05, 4.69) is 20.4 Å². The van der Waals surface area contributed by atoms with E-state index in [0.29, 0.717) is 37.9 Å². The summed E-state index contributed by atoms with van der Waals surface area (Å²) in [6, 6.07) is 21.8. The second-order valence-electron chi connectivity index (χ2n) is 9.23. The maximum atomic E-state index is 12.9. The number of morpholine rings is 1. The van der Waals surface area contributed by atoms with E-state index < -0.39 is 0 Å². The first-order chi connectivity index (χ1) is 18.2. The first-order valence-electron chi connectivity index (χ1n) is 12.5. The number of nitrogens with zero attached hydrogens (tertiary/aromatic N) is 5. The summed E-state index contributed by atoms with van der Waals surface area (Å²) in [5.74, 6) is 2.48. The number of carbonyl (C=O) groups excluding carboxylic acids is 1. The Morgan fingerprint density at radius 1 is 0.973 bits per heavy atom. The number of amides is 1. The summed E-state index contributed by atoms with van der Waals surface area (Å²) in [6.07, 6.45) is 0.312. The molecule has 2 aliphatic heterocycles. The average Bonchev–Trinajstić information content (AvgIpc) is 3.28. The highest BCUT2D eigenvalue weighted by atomic mass is 16.5. The van der Waals surface area contributed by atoms with Gasteiger partial charge in [-0.05, 0) is 30.7 Å². The molecular weight excluding hydrogens is 468 g/mol. The fourth-order valence-corrected chi connectivity index (χ4v) is 5.01. The fraction of sp³-hybridized carbons (Fsp3) is 0.286. The molecule has 0 radical (unpaired) electrons. The molecule has 6 rings (SSSR count). The normalized spacial score (nSPS) is 17.3. The van der Waals surface area contributed by atoms with Crippen molar-refractivity contribution < 1.29 is 14.3 Å². The van der Waals surface area contributed by atoms with Crippen LogP contribution in [0, 0.1) is 6.92 Å². The molecule has 4 aromatic rings. The van der Waals surface area contributed by atoms with Crippen LogP contribution in [0.2, 0.25) is 0 Å². The second-order valence-corrected chi connectivity index (χ2v) is 9.23. The Hall–Kier alpha value is -4.24. The zero-order valence-corrected chi connectivity index (χ0v) is 20.6. The van der Waals surface area contributed by atoms with Crippen LogP contribution in [0.5, 0.6) is 5.75 Å². The van der Waals surface area contributed by atoms with Crippen molar-refractivity contribution in [3.63, 3.8) is 0 Å². The van der Waals surface area contributed by atoms with Gasteiger partial charge in [-0.25, -0.2) is 0 Å². The van der Waals surface area contributed by atoms with Crippen LogP contribution in [-0.2, 0) is 16.1 Å². The van der Waals surface area contributed by atoms with Gasteiger partial charge in [-0.1, -0.05) is 48.5 Å². The molecule has 1 saturated heterocycles. The number of hydrogen-bond acceptors (Lipinski definition) is 7. The molecule has 0 bridgehead atoms. The molecule has 2 aromatic heterocycles. The Morgan fingerprint density at radius 3 is 2.49 bits per heavy atom. The van der Waals surface area contributed by atoms with E-state index in [1.54, 1.807) is 4.68 Å². The standard InChI is InChI=1S/C28H28N6O3/c1-19-27-22(21-9-5-6-10-23(21)37-18-20-7-3-2-4-8-20)17-26(35)29-28(27)34(32-19)25-12-11-24(30-31-25)33-13-15-36-16-14-33/h2-12,22H,13-18H2,1H3,(H,29,35). The van der Waals surface area contributed by atoms with Gasteiger partial charge in [-0.15, -0.1) is 10.2 Å². The number of fused-ring (bicyclic) bond motifs is 1. The van der Waals surface area contributed by atoms with Crippen LogP contribution in [0.15, 0.2) is 66.7 Å². The number of nitrogens with one attached hydrogen (secondary N) is 1. The minimum absolute atomic E-state index is 0.0746. The number of anilines is 2. The Kier molecular flexibility index (Phi) is 6.28. The third-order valence-electron chi connectivity index (χ3n) is 6.82. The smallest absolute Gasteiger partial charge is 0.226 e. The second kappa shape index (κ2) is 10.0. The Bertz CT molecular complexity index is 1400. The van der Waals surface area contributed by atoms with Crippen molar-refractivity contribution in [2.75, 3.05) is 36.5 Å². The van der Waals surface area contributed by atoms with E-state index in [0.717, 1.165) is 47.0 Å². The highest BCUT2D eigenvalue weighted by molar-refractivity contribution is 5.95. The van der Waals surface area contributed by atoms with Crippen molar-refractivity contribution in [2.45, 2.75) is 25.9 Å². The molecular formula is C28H28N6O3. The fourth-order valence-electron chi connectivity index (χ4n) is 5.01. The Balaban J connectivity index is 1.32. The van der Waals surface area contributed by atoms with Gasteiger partial charge in [-0.2, -0.15) is 9.78 Å². The lowest BCUT2D eigenvalue weighted by Gasteiger charge is -2.27. The van der Waals surface area contributed by atoms with Gasteiger partial charge in [0.15, 0.2) is 11.6 Å². The summed E-state index contributed by atoms with van der Waals surface area (Å²) < 4.78 is 13.3. The maximum Gasteiger partial charge on any atom is 0.226 e. The van der Waals surface area contributed by atoms with E-state index in [4.69, 9.17) is 14.6 Å².